The third-order valence-electron chi connectivity index (χ3n) is 1.11. The van der Waals surface area contributed by atoms with Crippen molar-refractivity contribution in [3.63, 3.8) is 0 Å². The van der Waals surface area contributed by atoms with Gasteiger partial charge in [-0.1, -0.05) is 35.6 Å². The summed E-state index contributed by atoms with van der Waals surface area (Å²) < 4.78 is 10.5. The van der Waals surface area contributed by atoms with Gasteiger partial charge in [0.1, 0.15) is 0 Å². The van der Waals surface area contributed by atoms with Crippen LogP contribution in [0.3, 0.4) is 0 Å². The number of ether oxygens (including phenoxy) is 2. The highest BCUT2D eigenvalue weighted by atomic mass is 16.5. The maximum atomic E-state index is 5.38. The Morgan fingerprint density at radius 2 is 1.38 bits per heavy atom. The van der Waals surface area contributed by atoms with Crippen LogP contribution < -0.4 is 0 Å². The van der Waals surface area contributed by atoms with Gasteiger partial charge in [-0.15, -0.1) is 0 Å². The molecule has 0 bridgehead atoms. The molecule has 2 heteroatoms. The van der Waals surface area contributed by atoms with Gasteiger partial charge in [0.15, 0.2) is 0 Å². The van der Waals surface area contributed by atoms with Crippen molar-refractivity contribution in [3.05, 3.63) is 0 Å². The fraction of sp³-hybridized carbons (Fsp3) is 1.00. The minimum absolute atomic E-state index is 0. The van der Waals surface area contributed by atoms with E-state index in [1.807, 2.05) is 6.92 Å². The molecule has 0 rings (SSSR count). The van der Waals surface area contributed by atoms with Gasteiger partial charge in [-0.25, -0.2) is 0 Å². The topological polar surface area (TPSA) is 18.5 Å². The molecule has 0 spiro atoms. The standard InChI is InChI=1S/C9H20O2.2CH4/c1-5-10-6-7-11-8-9(2,3)4;;/h5-8H2,1-4H3;2*1H4. The molecule has 0 fully saturated rings. The molecule has 0 amide bonds. The smallest absolute Gasteiger partial charge is 0.0700 e. The van der Waals surface area contributed by atoms with Crippen molar-refractivity contribution in [3.8, 4) is 0 Å². The predicted octanol–water partition coefficient (Wildman–Crippen LogP) is 3.36. The van der Waals surface area contributed by atoms with Crippen LogP contribution in [-0.4, -0.2) is 26.4 Å². The molecule has 0 saturated carbocycles. The fourth-order valence-corrected chi connectivity index (χ4v) is 0.641. The van der Waals surface area contributed by atoms with Crippen LogP contribution in [-0.2, 0) is 9.47 Å². The molecule has 0 aromatic carbocycles. The third-order valence-corrected chi connectivity index (χ3v) is 1.11. The molecule has 0 atom stereocenters. The van der Waals surface area contributed by atoms with E-state index in [0.29, 0.717) is 13.2 Å². The van der Waals surface area contributed by atoms with Crippen LogP contribution in [0.15, 0.2) is 0 Å². The molecule has 0 aromatic heterocycles. The Bertz CT molecular complexity index is 84.6. The summed E-state index contributed by atoms with van der Waals surface area (Å²) in [7, 11) is 0. The van der Waals surface area contributed by atoms with E-state index >= 15 is 0 Å². The number of hydrogen-bond acceptors (Lipinski definition) is 2. The van der Waals surface area contributed by atoms with E-state index in [0.717, 1.165) is 13.2 Å². The summed E-state index contributed by atoms with van der Waals surface area (Å²) in [4.78, 5) is 0. The van der Waals surface area contributed by atoms with Crippen LogP contribution in [0.5, 0.6) is 0 Å². The second kappa shape index (κ2) is 10.0. The summed E-state index contributed by atoms with van der Waals surface area (Å²) in [6.07, 6.45) is 0. The van der Waals surface area contributed by atoms with Crippen molar-refractivity contribution in [1.29, 1.82) is 0 Å². The highest BCUT2D eigenvalue weighted by Crippen LogP contribution is 2.12. The first kappa shape index (κ1) is 18.7. The van der Waals surface area contributed by atoms with E-state index in [-0.39, 0.29) is 20.3 Å². The molecular formula is C11H28O2. The zero-order valence-corrected chi connectivity index (χ0v) is 8.14. The van der Waals surface area contributed by atoms with Crippen molar-refractivity contribution >= 4 is 0 Å². The quantitative estimate of drug-likeness (QED) is 0.622. The molecule has 0 aromatic rings. The van der Waals surface area contributed by atoms with Gasteiger partial charge in [-0.3, -0.25) is 0 Å². The molecule has 0 radical (unpaired) electrons. The Hall–Kier alpha value is -0.0800. The SMILES string of the molecule is C.C.CCOCCOCC(C)(C)C. The van der Waals surface area contributed by atoms with Gasteiger partial charge in [-0.05, 0) is 12.3 Å². The molecule has 0 aliphatic carbocycles. The first-order valence-corrected chi connectivity index (χ1v) is 4.22. The second-order valence-corrected chi connectivity index (χ2v) is 3.81. The molecule has 0 aliphatic rings. The van der Waals surface area contributed by atoms with Gasteiger partial charge < -0.3 is 9.47 Å². The summed E-state index contributed by atoms with van der Waals surface area (Å²) in [5, 5.41) is 0. The van der Waals surface area contributed by atoms with Crippen LogP contribution in [0.4, 0.5) is 0 Å². The normalized spacial score (nSPS) is 10.2. The fourth-order valence-electron chi connectivity index (χ4n) is 0.641. The third kappa shape index (κ3) is 18.7. The van der Waals surface area contributed by atoms with E-state index in [9.17, 15) is 0 Å². The lowest BCUT2D eigenvalue weighted by molar-refractivity contribution is 0.0227. The highest BCUT2D eigenvalue weighted by molar-refractivity contribution is 4.58. The van der Waals surface area contributed by atoms with Crippen molar-refractivity contribution in [2.24, 2.45) is 5.41 Å². The first-order chi connectivity index (χ1) is 5.06. The average Bonchev–Trinajstić information content (AvgIpc) is 1.85. The van der Waals surface area contributed by atoms with Crippen molar-refractivity contribution in [2.75, 3.05) is 26.4 Å². The molecule has 0 saturated heterocycles. The van der Waals surface area contributed by atoms with E-state index in [4.69, 9.17) is 9.47 Å². The Balaban J connectivity index is -0.000000500. The van der Waals surface area contributed by atoms with E-state index in [1.165, 1.54) is 0 Å². The molecule has 0 N–H and O–H groups in total. The highest BCUT2D eigenvalue weighted by Gasteiger charge is 2.09. The van der Waals surface area contributed by atoms with Crippen LogP contribution in [0.2, 0.25) is 0 Å². The van der Waals surface area contributed by atoms with Gasteiger partial charge in [0.2, 0.25) is 0 Å². The average molecular weight is 192 g/mol. The maximum absolute atomic E-state index is 5.38. The number of hydrogen-bond donors (Lipinski definition) is 0. The Labute approximate surface area is 84.6 Å². The molecule has 2 nitrogen and oxygen atoms in total. The molecule has 84 valence electrons. The van der Waals surface area contributed by atoms with Crippen LogP contribution in [0, 0.1) is 5.41 Å². The minimum atomic E-state index is 0. The Morgan fingerprint density at radius 1 is 0.923 bits per heavy atom. The summed E-state index contributed by atoms with van der Waals surface area (Å²) in [6, 6.07) is 0. The monoisotopic (exact) mass is 192 g/mol. The maximum Gasteiger partial charge on any atom is 0.0700 e. The van der Waals surface area contributed by atoms with E-state index < -0.39 is 0 Å². The van der Waals surface area contributed by atoms with Gasteiger partial charge in [0.05, 0.1) is 19.8 Å². The lowest BCUT2D eigenvalue weighted by Gasteiger charge is -2.17. The van der Waals surface area contributed by atoms with E-state index in [2.05, 4.69) is 20.8 Å². The molecule has 13 heavy (non-hydrogen) atoms. The molecule has 0 unspecified atom stereocenters. The van der Waals surface area contributed by atoms with Gasteiger partial charge in [-0.2, -0.15) is 0 Å². The molecular weight excluding hydrogens is 164 g/mol. The van der Waals surface area contributed by atoms with E-state index in [1.54, 1.807) is 0 Å². The molecule has 0 aliphatic heterocycles. The van der Waals surface area contributed by atoms with Crippen molar-refractivity contribution in [1.82, 2.24) is 0 Å². The second-order valence-electron chi connectivity index (χ2n) is 3.81. The van der Waals surface area contributed by atoms with Gasteiger partial charge in [0.25, 0.3) is 0 Å². The lowest BCUT2D eigenvalue weighted by Crippen LogP contribution is -2.16. The lowest BCUT2D eigenvalue weighted by atomic mass is 9.99. The Morgan fingerprint density at radius 3 is 1.77 bits per heavy atom. The minimum Gasteiger partial charge on any atom is -0.379 e. The zero-order chi connectivity index (χ0) is 8.74. The summed E-state index contributed by atoms with van der Waals surface area (Å²) in [6.45, 7) is 11.5. The van der Waals surface area contributed by atoms with Crippen LogP contribution in [0.1, 0.15) is 42.5 Å². The number of rotatable bonds is 5. The summed E-state index contributed by atoms with van der Waals surface area (Å²) in [5.41, 5.74) is 0.270. The van der Waals surface area contributed by atoms with Gasteiger partial charge >= 0.3 is 0 Å². The zero-order valence-electron chi connectivity index (χ0n) is 8.14. The summed E-state index contributed by atoms with van der Waals surface area (Å²) in [5.74, 6) is 0. The van der Waals surface area contributed by atoms with Gasteiger partial charge in [0, 0.05) is 6.61 Å². The molecule has 0 heterocycles. The van der Waals surface area contributed by atoms with Crippen LogP contribution >= 0.6 is 0 Å². The van der Waals surface area contributed by atoms with Crippen molar-refractivity contribution in [2.45, 2.75) is 42.5 Å². The first-order valence-electron chi connectivity index (χ1n) is 4.22. The largest absolute Gasteiger partial charge is 0.379 e. The summed E-state index contributed by atoms with van der Waals surface area (Å²) >= 11 is 0. The predicted molar refractivity (Wildman–Crippen MR) is 60.2 cm³/mol. The van der Waals surface area contributed by atoms with Crippen molar-refractivity contribution < 1.29 is 9.47 Å². The Kier molecular flexibility index (Phi) is 14.4. The van der Waals surface area contributed by atoms with Crippen LogP contribution in [0.25, 0.3) is 0 Å².